The zero-order chi connectivity index (χ0) is 14.4. The van der Waals surface area contributed by atoms with Crippen LogP contribution < -0.4 is 10.2 Å². The lowest BCUT2D eigenvalue weighted by Crippen LogP contribution is -2.45. The van der Waals surface area contributed by atoms with Crippen LogP contribution in [0, 0.1) is 0 Å². The van der Waals surface area contributed by atoms with E-state index in [0.29, 0.717) is 18.7 Å². The maximum absolute atomic E-state index is 8.86. The van der Waals surface area contributed by atoms with Gasteiger partial charge in [-0.3, -0.25) is 0 Å². The minimum Gasteiger partial charge on any atom is -0.396 e. The third-order valence-corrected chi connectivity index (χ3v) is 4.25. The van der Waals surface area contributed by atoms with Crippen molar-refractivity contribution in [2.24, 2.45) is 0 Å². The van der Waals surface area contributed by atoms with E-state index in [9.17, 15) is 0 Å². The van der Waals surface area contributed by atoms with E-state index in [2.05, 4.69) is 29.3 Å². The van der Waals surface area contributed by atoms with Crippen LogP contribution in [-0.2, 0) is 0 Å². The Labute approximate surface area is 126 Å². The fraction of sp³-hybridized carbons (Fsp3) is 0.625. The average Bonchev–Trinajstić information content (AvgIpc) is 2.47. The van der Waals surface area contributed by atoms with Gasteiger partial charge < -0.3 is 15.3 Å². The summed E-state index contributed by atoms with van der Waals surface area (Å²) in [5.74, 6) is 0. The fourth-order valence-corrected chi connectivity index (χ4v) is 2.97. The molecule has 0 aromatic heterocycles. The van der Waals surface area contributed by atoms with Crippen molar-refractivity contribution >= 4 is 17.3 Å². The van der Waals surface area contributed by atoms with Gasteiger partial charge in [-0.25, -0.2) is 0 Å². The first-order chi connectivity index (χ1) is 9.69. The molecule has 112 valence electrons. The molecule has 0 saturated carbocycles. The lowest BCUT2D eigenvalue weighted by Gasteiger charge is -2.35. The number of hydrogen-bond donors (Lipinski definition) is 2. The monoisotopic (exact) mass is 296 g/mol. The quantitative estimate of drug-likeness (QED) is 0.847. The SMILES string of the molecule is CC(CCCO)NC1CCN(c2ccc(Cl)cc2)CC1. The molecule has 0 bridgehead atoms. The highest BCUT2D eigenvalue weighted by Gasteiger charge is 2.20. The van der Waals surface area contributed by atoms with Gasteiger partial charge in [-0.05, 0) is 56.9 Å². The predicted octanol–water partition coefficient (Wildman–Crippen LogP) is 3.06. The number of aliphatic hydroxyl groups excluding tert-OH is 1. The van der Waals surface area contributed by atoms with Gasteiger partial charge in [0.25, 0.3) is 0 Å². The largest absolute Gasteiger partial charge is 0.396 e. The summed E-state index contributed by atoms with van der Waals surface area (Å²) in [6.07, 6.45) is 4.28. The second kappa shape index (κ2) is 7.87. The van der Waals surface area contributed by atoms with Gasteiger partial charge in [0.05, 0.1) is 0 Å². The zero-order valence-corrected chi connectivity index (χ0v) is 12.9. The molecule has 1 unspecified atom stereocenters. The van der Waals surface area contributed by atoms with E-state index in [1.165, 1.54) is 18.5 Å². The van der Waals surface area contributed by atoms with Crippen molar-refractivity contribution in [3.63, 3.8) is 0 Å². The van der Waals surface area contributed by atoms with Crippen LogP contribution in [-0.4, -0.2) is 36.9 Å². The average molecular weight is 297 g/mol. The lowest BCUT2D eigenvalue weighted by molar-refractivity contribution is 0.270. The lowest BCUT2D eigenvalue weighted by atomic mass is 10.0. The summed E-state index contributed by atoms with van der Waals surface area (Å²) in [6, 6.07) is 9.21. The smallest absolute Gasteiger partial charge is 0.0431 e. The van der Waals surface area contributed by atoms with Crippen LogP contribution in [0.5, 0.6) is 0 Å². The molecular weight excluding hydrogens is 272 g/mol. The van der Waals surface area contributed by atoms with Gasteiger partial charge >= 0.3 is 0 Å². The van der Waals surface area contributed by atoms with Gasteiger partial charge in [0.2, 0.25) is 0 Å². The van der Waals surface area contributed by atoms with Crippen molar-refractivity contribution in [3.8, 4) is 0 Å². The second-order valence-electron chi connectivity index (χ2n) is 5.67. The first kappa shape index (κ1) is 15.6. The summed E-state index contributed by atoms with van der Waals surface area (Å²) in [4.78, 5) is 2.42. The van der Waals surface area contributed by atoms with Crippen molar-refractivity contribution in [2.75, 3.05) is 24.6 Å². The normalized spacial score (nSPS) is 18.2. The van der Waals surface area contributed by atoms with Crippen molar-refractivity contribution in [1.82, 2.24) is 5.32 Å². The molecule has 1 aliphatic rings. The number of halogens is 1. The van der Waals surface area contributed by atoms with Crippen molar-refractivity contribution in [2.45, 2.75) is 44.7 Å². The highest BCUT2D eigenvalue weighted by molar-refractivity contribution is 6.30. The Morgan fingerprint density at radius 2 is 1.95 bits per heavy atom. The van der Waals surface area contributed by atoms with Crippen LogP contribution in [0.2, 0.25) is 5.02 Å². The minimum absolute atomic E-state index is 0.293. The third-order valence-electron chi connectivity index (χ3n) is 4.00. The maximum Gasteiger partial charge on any atom is 0.0431 e. The van der Waals surface area contributed by atoms with E-state index < -0.39 is 0 Å². The first-order valence-electron chi connectivity index (χ1n) is 7.56. The molecule has 1 heterocycles. The van der Waals surface area contributed by atoms with Gasteiger partial charge in [-0.2, -0.15) is 0 Å². The number of nitrogens with one attached hydrogen (secondary N) is 1. The Morgan fingerprint density at radius 3 is 2.55 bits per heavy atom. The van der Waals surface area contributed by atoms with E-state index in [1.807, 2.05) is 12.1 Å². The van der Waals surface area contributed by atoms with Crippen LogP contribution in [0.25, 0.3) is 0 Å². The van der Waals surface area contributed by atoms with E-state index >= 15 is 0 Å². The van der Waals surface area contributed by atoms with E-state index in [1.54, 1.807) is 0 Å². The summed E-state index contributed by atoms with van der Waals surface area (Å²) >= 11 is 5.93. The number of benzene rings is 1. The summed E-state index contributed by atoms with van der Waals surface area (Å²) in [5, 5.41) is 13.3. The van der Waals surface area contributed by atoms with Crippen LogP contribution >= 0.6 is 11.6 Å². The molecule has 0 spiro atoms. The molecule has 4 heteroatoms. The van der Waals surface area contributed by atoms with Gasteiger partial charge in [-0.15, -0.1) is 0 Å². The highest BCUT2D eigenvalue weighted by atomic mass is 35.5. The first-order valence-corrected chi connectivity index (χ1v) is 7.94. The van der Waals surface area contributed by atoms with Crippen LogP contribution in [0.1, 0.15) is 32.6 Å². The number of nitrogens with zero attached hydrogens (tertiary/aromatic N) is 1. The maximum atomic E-state index is 8.86. The highest BCUT2D eigenvalue weighted by Crippen LogP contribution is 2.22. The van der Waals surface area contributed by atoms with Gasteiger partial charge in [-0.1, -0.05) is 11.6 Å². The van der Waals surface area contributed by atoms with Crippen LogP contribution in [0.4, 0.5) is 5.69 Å². The number of piperidine rings is 1. The second-order valence-corrected chi connectivity index (χ2v) is 6.11. The molecule has 2 rings (SSSR count). The van der Waals surface area contributed by atoms with E-state index in [0.717, 1.165) is 31.0 Å². The van der Waals surface area contributed by atoms with Crippen molar-refractivity contribution in [3.05, 3.63) is 29.3 Å². The van der Waals surface area contributed by atoms with Crippen LogP contribution in [0.3, 0.4) is 0 Å². The number of hydrogen-bond acceptors (Lipinski definition) is 3. The minimum atomic E-state index is 0.293. The summed E-state index contributed by atoms with van der Waals surface area (Å²) in [7, 11) is 0. The molecule has 1 saturated heterocycles. The molecule has 1 aromatic carbocycles. The van der Waals surface area contributed by atoms with Crippen molar-refractivity contribution in [1.29, 1.82) is 0 Å². The number of aliphatic hydroxyl groups is 1. The number of rotatable bonds is 6. The molecule has 0 radical (unpaired) electrons. The molecule has 2 N–H and O–H groups in total. The molecule has 0 aliphatic carbocycles. The topological polar surface area (TPSA) is 35.5 Å². The van der Waals surface area contributed by atoms with E-state index in [4.69, 9.17) is 16.7 Å². The van der Waals surface area contributed by atoms with Crippen LogP contribution in [0.15, 0.2) is 24.3 Å². The molecule has 1 atom stereocenters. The Bertz CT molecular complexity index is 388. The Balaban J connectivity index is 1.76. The predicted molar refractivity (Wildman–Crippen MR) is 85.6 cm³/mol. The van der Waals surface area contributed by atoms with Gasteiger partial charge in [0.1, 0.15) is 0 Å². The molecular formula is C16H25ClN2O. The molecule has 20 heavy (non-hydrogen) atoms. The van der Waals surface area contributed by atoms with E-state index in [-0.39, 0.29) is 0 Å². The zero-order valence-electron chi connectivity index (χ0n) is 12.2. The molecule has 1 fully saturated rings. The molecule has 1 aromatic rings. The van der Waals surface area contributed by atoms with Gasteiger partial charge in [0.15, 0.2) is 0 Å². The molecule has 1 aliphatic heterocycles. The molecule has 0 amide bonds. The third kappa shape index (κ3) is 4.65. The van der Waals surface area contributed by atoms with Crippen molar-refractivity contribution < 1.29 is 5.11 Å². The summed E-state index contributed by atoms with van der Waals surface area (Å²) < 4.78 is 0. The Kier molecular flexibility index (Phi) is 6.14. The number of anilines is 1. The Morgan fingerprint density at radius 1 is 1.30 bits per heavy atom. The fourth-order valence-electron chi connectivity index (χ4n) is 2.84. The summed E-state index contributed by atoms with van der Waals surface area (Å²) in [5.41, 5.74) is 1.26. The Hall–Kier alpha value is -0.770. The van der Waals surface area contributed by atoms with Gasteiger partial charge in [0, 0.05) is 42.5 Å². The molecule has 3 nitrogen and oxygen atoms in total. The standard InChI is InChI=1S/C16H25ClN2O/c1-13(3-2-12-20)18-15-8-10-19(11-9-15)16-6-4-14(17)5-7-16/h4-7,13,15,18,20H,2-3,8-12H2,1H3. The summed E-state index contributed by atoms with van der Waals surface area (Å²) in [6.45, 7) is 4.68.